The van der Waals surface area contributed by atoms with Crippen molar-refractivity contribution in [2.75, 3.05) is 14.2 Å². The van der Waals surface area contributed by atoms with E-state index in [2.05, 4.69) is 0 Å². The molecule has 2 rings (SSSR count). The van der Waals surface area contributed by atoms with Crippen LogP contribution in [-0.4, -0.2) is 19.1 Å². The molecule has 2 nitrogen and oxygen atoms in total. The van der Waals surface area contributed by atoms with E-state index in [1.54, 1.807) is 7.11 Å². The summed E-state index contributed by atoms with van der Waals surface area (Å²) in [5.41, 5.74) is 1.36. The lowest BCUT2D eigenvalue weighted by atomic mass is 10.1. The largest absolute Gasteiger partial charge is 0.496 e. The van der Waals surface area contributed by atoms with E-state index in [9.17, 15) is 8.78 Å². The maximum absolute atomic E-state index is 13.6. The third kappa shape index (κ3) is 3.54. The molecule has 2 aromatic carbocycles. The number of halogens is 2. The van der Waals surface area contributed by atoms with E-state index in [0.29, 0.717) is 18.7 Å². The van der Waals surface area contributed by atoms with Gasteiger partial charge in [-0.25, -0.2) is 8.78 Å². The summed E-state index contributed by atoms with van der Waals surface area (Å²) in [6.45, 7) is 0.932. The first kappa shape index (κ1) is 14.5. The summed E-state index contributed by atoms with van der Waals surface area (Å²) in [4.78, 5) is 1.91. The van der Waals surface area contributed by atoms with Crippen molar-refractivity contribution in [1.82, 2.24) is 4.90 Å². The van der Waals surface area contributed by atoms with Crippen LogP contribution in [0.25, 0.3) is 0 Å². The maximum atomic E-state index is 13.6. The lowest BCUT2D eigenvalue weighted by molar-refractivity contribution is 0.305. The average Bonchev–Trinajstić information content (AvgIpc) is 2.43. The highest BCUT2D eigenvalue weighted by Gasteiger charge is 2.09. The quantitative estimate of drug-likeness (QED) is 0.828. The van der Waals surface area contributed by atoms with E-state index in [-0.39, 0.29) is 0 Å². The standard InChI is InChI=1S/C16H17F2NO/c1-19(10-12-5-3-4-6-16(12)20-2)11-13-9-14(17)7-8-15(13)18/h3-9H,10-11H2,1-2H3. The van der Waals surface area contributed by atoms with Crippen molar-refractivity contribution in [3.63, 3.8) is 0 Å². The minimum absolute atomic E-state index is 0.335. The Hall–Kier alpha value is -1.94. The molecule has 0 unspecified atom stereocenters. The summed E-state index contributed by atoms with van der Waals surface area (Å²) in [6, 6.07) is 11.2. The Labute approximate surface area is 117 Å². The summed E-state index contributed by atoms with van der Waals surface area (Å²) >= 11 is 0. The number of para-hydroxylation sites is 1. The lowest BCUT2D eigenvalue weighted by Crippen LogP contribution is -2.18. The van der Waals surface area contributed by atoms with Crippen molar-refractivity contribution in [2.24, 2.45) is 0 Å². The first-order chi connectivity index (χ1) is 9.60. The van der Waals surface area contributed by atoms with Crippen LogP contribution >= 0.6 is 0 Å². The summed E-state index contributed by atoms with van der Waals surface area (Å²) in [5, 5.41) is 0. The first-order valence-electron chi connectivity index (χ1n) is 6.34. The van der Waals surface area contributed by atoms with Crippen LogP contribution in [0.1, 0.15) is 11.1 Å². The number of hydrogen-bond donors (Lipinski definition) is 0. The van der Waals surface area contributed by atoms with Gasteiger partial charge in [-0.05, 0) is 31.3 Å². The van der Waals surface area contributed by atoms with Crippen LogP contribution in [0.5, 0.6) is 5.75 Å². The number of hydrogen-bond acceptors (Lipinski definition) is 2. The van der Waals surface area contributed by atoms with E-state index in [1.165, 1.54) is 6.07 Å². The Morgan fingerprint density at radius 3 is 2.45 bits per heavy atom. The molecule has 106 valence electrons. The van der Waals surface area contributed by atoms with Gasteiger partial charge in [0.05, 0.1) is 7.11 Å². The Morgan fingerprint density at radius 2 is 1.70 bits per heavy atom. The molecule has 0 saturated carbocycles. The highest BCUT2D eigenvalue weighted by molar-refractivity contribution is 5.33. The third-order valence-electron chi connectivity index (χ3n) is 3.08. The third-order valence-corrected chi connectivity index (χ3v) is 3.08. The van der Waals surface area contributed by atoms with Crippen LogP contribution in [-0.2, 0) is 13.1 Å². The number of ether oxygens (including phenoxy) is 1. The van der Waals surface area contributed by atoms with Crippen molar-refractivity contribution >= 4 is 0 Å². The average molecular weight is 277 g/mol. The molecule has 0 saturated heterocycles. The minimum atomic E-state index is -0.424. The lowest BCUT2D eigenvalue weighted by Gasteiger charge is -2.18. The van der Waals surface area contributed by atoms with Crippen LogP contribution in [0.15, 0.2) is 42.5 Å². The number of nitrogens with zero attached hydrogens (tertiary/aromatic N) is 1. The molecule has 20 heavy (non-hydrogen) atoms. The highest BCUT2D eigenvalue weighted by Crippen LogP contribution is 2.20. The van der Waals surface area contributed by atoms with Crippen LogP contribution in [0.2, 0.25) is 0 Å². The van der Waals surface area contributed by atoms with Gasteiger partial charge in [-0.2, -0.15) is 0 Å². The van der Waals surface area contributed by atoms with Crippen molar-refractivity contribution < 1.29 is 13.5 Å². The predicted octanol–water partition coefficient (Wildman–Crippen LogP) is 3.61. The molecule has 4 heteroatoms. The molecular weight excluding hydrogens is 260 g/mol. The molecule has 0 heterocycles. The summed E-state index contributed by atoms with van der Waals surface area (Å²) in [5.74, 6) is -0.0237. The summed E-state index contributed by atoms with van der Waals surface area (Å²) in [7, 11) is 3.47. The zero-order valence-corrected chi connectivity index (χ0v) is 11.6. The van der Waals surface area contributed by atoms with Gasteiger partial charge in [0.15, 0.2) is 0 Å². The normalized spacial score (nSPS) is 10.8. The topological polar surface area (TPSA) is 12.5 Å². The second-order valence-corrected chi connectivity index (χ2v) is 4.72. The second kappa shape index (κ2) is 6.48. The van der Waals surface area contributed by atoms with Crippen molar-refractivity contribution in [2.45, 2.75) is 13.1 Å². The SMILES string of the molecule is COc1ccccc1CN(C)Cc1cc(F)ccc1F. The Balaban J connectivity index is 2.09. The highest BCUT2D eigenvalue weighted by atomic mass is 19.1. The van der Waals surface area contributed by atoms with Crippen LogP contribution < -0.4 is 4.74 Å². The summed E-state index contributed by atoms with van der Waals surface area (Å²) in [6.07, 6.45) is 0. The van der Waals surface area contributed by atoms with Gasteiger partial charge < -0.3 is 4.74 Å². The van der Waals surface area contributed by atoms with Gasteiger partial charge in [-0.15, -0.1) is 0 Å². The smallest absolute Gasteiger partial charge is 0.127 e. The molecule has 0 atom stereocenters. The van der Waals surface area contributed by atoms with Crippen LogP contribution in [0.4, 0.5) is 8.78 Å². The molecule has 0 bridgehead atoms. The van der Waals surface area contributed by atoms with Crippen molar-refractivity contribution in [3.05, 3.63) is 65.2 Å². The molecule has 0 N–H and O–H groups in total. The monoisotopic (exact) mass is 277 g/mol. The van der Waals surface area contributed by atoms with Crippen molar-refractivity contribution in [3.8, 4) is 5.75 Å². The Bertz CT molecular complexity index is 586. The molecular formula is C16H17F2NO. The van der Waals surface area contributed by atoms with E-state index in [0.717, 1.165) is 23.4 Å². The van der Waals surface area contributed by atoms with Gasteiger partial charge in [0.2, 0.25) is 0 Å². The molecule has 0 amide bonds. The fourth-order valence-corrected chi connectivity index (χ4v) is 2.14. The molecule has 0 spiro atoms. The van der Waals surface area contributed by atoms with Gasteiger partial charge in [-0.1, -0.05) is 18.2 Å². The molecule has 0 radical (unpaired) electrons. The number of methoxy groups -OCH3 is 1. The zero-order chi connectivity index (χ0) is 14.5. The maximum Gasteiger partial charge on any atom is 0.127 e. The van der Waals surface area contributed by atoms with Gasteiger partial charge in [0, 0.05) is 24.2 Å². The Kier molecular flexibility index (Phi) is 4.69. The van der Waals surface area contributed by atoms with Gasteiger partial charge in [0.25, 0.3) is 0 Å². The van der Waals surface area contributed by atoms with Gasteiger partial charge in [0.1, 0.15) is 17.4 Å². The van der Waals surface area contributed by atoms with E-state index in [4.69, 9.17) is 4.74 Å². The predicted molar refractivity (Wildman–Crippen MR) is 74.5 cm³/mol. The minimum Gasteiger partial charge on any atom is -0.496 e. The molecule has 2 aromatic rings. The molecule has 0 aliphatic heterocycles. The first-order valence-corrected chi connectivity index (χ1v) is 6.34. The Morgan fingerprint density at radius 1 is 1.00 bits per heavy atom. The summed E-state index contributed by atoms with van der Waals surface area (Å²) < 4.78 is 32.0. The molecule has 0 fully saturated rings. The fraction of sp³-hybridized carbons (Fsp3) is 0.250. The van der Waals surface area contributed by atoms with Crippen molar-refractivity contribution in [1.29, 1.82) is 0 Å². The molecule has 0 aliphatic carbocycles. The number of rotatable bonds is 5. The van der Waals surface area contributed by atoms with Gasteiger partial charge >= 0.3 is 0 Å². The van der Waals surface area contributed by atoms with E-state index >= 15 is 0 Å². The fourth-order valence-electron chi connectivity index (χ4n) is 2.14. The zero-order valence-electron chi connectivity index (χ0n) is 11.6. The number of benzene rings is 2. The van der Waals surface area contributed by atoms with E-state index < -0.39 is 11.6 Å². The second-order valence-electron chi connectivity index (χ2n) is 4.72. The molecule has 0 aromatic heterocycles. The van der Waals surface area contributed by atoms with Crippen LogP contribution in [0, 0.1) is 11.6 Å². The van der Waals surface area contributed by atoms with Crippen LogP contribution in [0.3, 0.4) is 0 Å². The molecule has 0 aliphatic rings. The van der Waals surface area contributed by atoms with Gasteiger partial charge in [-0.3, -0.25) is 4.90 Å². The van der Waals surface area contributed by atoms with E-state index in [1.807, 2.05) is 36.2 Å².